The largest absolute Gasteiger partial charge is 0.381 e. The van der Waals surface area contributed by atoms with Gasteiger partial charge in [0.1, 0.15) is 29.9 Å². The van der Waals surface area contributed by atoms with Gasteiger partial charge in [-0.15, -0.1) is 0 Å². The fraction of sp³-hybridized carbons (Fsp3) is 0.103. The molecule has 5 rings (SSSR count). The third-order valence-corrected chi connectivity index (χ3v) is 6.10. The number of halogens is 2. The molecule has 7 nitrogen and oxygen atoms in total. The number of benzene rings is 3. The highest BCUT2D eigenvalue weighted by Gasteiger charge is 2.34. The van der Waals surface area contributed by atoms with E-state index in [1.807, 2.05) is 48.5 Å². The number of carbonyl (C=O) groups is 1. The van der Waals surface area contributed by atoms with Crippen LogP contribution in [0.2, 0.25) is 0 Å². The highest BCUT2D eigenvalue weighted by Crippen LogP contribution is 2.26. The van der Waals surface area contributed by atoms with Gasteiger partial charge in [-0.25, -0.2) is 23.4 Å². The second-order valence-electron chi connectivity index (χ2n) is 8.81. The molecule has 3 aromatic carbocycles. The van der Waals surface area contributed by atoms with Crippen LogP contribution in [0.3, 0.4) is 0 Å². The Kier molecular flexibility index (Phi) is 7.01. The fourth-order valence-corrected chi connectivity index (χ4v) is 4.18. The van der Waals surface area contributed by atoms with Crippen LogP contribution in [-0.4, -0.2) is 37.3 Å². The molecular weight excluding hydrogens is 488 g/mol. The Balaban J connectivity index is 1.30. The van der Waals surface area contributed by atoms with Crippen LogP contribution in [0.4, 0.5) is 8.78 Å². The average Bonchev–Trinajstić information content (AvgIpc) is 3.43. The molecule has 0 aliphatic carbocycles. The van der Waals surface area contributed by atoms with Crippen molar-refractivity contribution < 1.29 is 18.7 Å². The molecule has 5 aromatic rings. The first kappa shape index (κ1) is 24.9. The van der Waals surface area contributed by atoms with Crippen LogP contribution in [0.15, 0.2) is 97.6 Å². The maximum atomic E-state index is 14.5. The Morgan fingerprint density at radius 3 is 2.61 bits per heavy atom. The van der Waals surface area contributed by atoms with Crippen LogP contribution >= 0.6 is 0 Å². The van der Waals surface area contributed by atoms with Gasteiger partial charge in [0.05, 0.1) is 24.3 Å². The zero-order valence-corrected chi connectivity index (χ0v) is 20.1. The van der Waals surface area contributed by atoms with Gasteiger partial charge in [-0.3, -0.25) is 4.79 Å². The van der Waals surface area contributed by atoms with E-state index < -0.39 is 23.1 Å². The molecule has 1 unspecified atom stereocenters. The Hall–Kier alpha value is -4.76. The predicted octanol–water partition coefficient (Wildman–Crippen LogP) is 4.49. The molecule has 1 amide bonds. The summed E-state index contributed by atoms with van der Waals surface area (Å²) in [5.74, 6) is -2.24. The van der Waals surface area contributed by atoms with Crippen molar-refractivity contribution in [1.82, 2.24) is 25.1 Å². The lowest BCUT2D eigenvalue weighted by molar-refractivity contribution is -0.118. The van der Waals surface area contributed by atoms with Crippen molar-refractivity contribution in [3.63, 3.8) is 0 Å². The molecule has 2 heterocycles. The van der Waals surface area contributed by atoms with Crippen LogP contribution in [-0.2, 0) is 16.9 Å². The fourth-order valence-electron chi connectivity index (χ4n) is 4.18. The lowest BCUT2D eigenvalue weighted by atomic mass is 9.92. The van der Waals surface area contributed by atoms with Crippen molar-refractivity contribution in [3.05, 3.63) is 120 Å². The van der Waals surface area contributed by atoms with E-state index in [-0.39, 0.29) is 18.7 Å². The van der Waals surface area contributed by atoms with Crippen molar-refractivity contribution >= 4 is 22.9 Å². The minimum absolute atomic E-state index is 0.176. The number of fused-ring (bicyclic) bond motifs is 1. The normalized spacial score (nSPS) is 13.0. The van der Waals surface area contributed by atoms with Gasteiger partial charge in [-0.1, -0.05) is 48.5 Å². The van der Waals surface area contributed by atoms with E-state index in [2.05, 4.69) is 26.4 Å². The van der Waals surface area contributed by atoms with Gasteiger partial charge < -0.3 is 10.4 Å². The molecule has 0 saturated heterocycles. The lowest BCUT2D eigenvalue weighted by Gasteiger charge is -2.29. The molecular formula is C29H23F2N5O2. The molecule has 2 N–H and O–H groups in total. The van der Waals surface area contributed by atoms with Gasteiger partial charge in [0.15, 0.2) is 0 Å². The summed E-state index contributed by atoms with van der Waals surface area (Å²) >= 11 is 0. The highest BCUT2D eigenvalue weighted by molar-refractivity contribution is 5.92. The quantitative estimate of drug-likeness (QED) is 0.300. The molecule has 2 aromatic heterocycles. The molecule has 1 atom stereocenters. The van der Waals surface area contributed by atoms with E-state index >= 15 is 0 Å². The predicted molar refractivity (Wildman–Crippen MR) is 139 cm³/mol. The van der Waals surface area contributed by atoms with E-state index in [0.29, 0.717) is 11.8 Å². The topological polar surface area (TPSA) is 92.9 Å². The second kappa shape index (κ2) is 10.7. The van der Waals surface area contributed by atoms with Crippen molar-refractivity contribution in [1.29, 1.82) is 0 Å². The Morgan fingerprint density at radius 1 is 1.00 bits per heavy atom. The van der Waals surface area contributed by atoms with Gasteiger partial charge in [0.25, 0.3) is 0 Å². The van der Waals surface area contributed by atoms with Crippen LogP contribution in [0.1, 0.15) is 11.3 Å². The van der Waals surface area contributed by atoms with Gasteiger partial charge >= 0.3 is 0 Å². The third-order valence-electron chi connectivity index (χ3n) is 6.10. The number of pyridine rings is 1. The standard InChI is InChI=1S/C29H23F2N5O2/c30-23-8-11-25(26(31)15-23)29(38,17-36-19-32-18-34-36)16-33-28(37)13-10-24-9-6-22-14-21(7-12-27(22)35-24)20-4-2-1-3-5-20/h1-15,18-19,38H,16-17H2,(H,33,37)/b13-10+. The zero-order valence-electron chi connectivity index (χ0n) is 20.1. The van der Waals surface area contributed by atoms with E-state index in [1.54, 1.807) is 12.1 Å². The number of amides is 1. The molecule has 38 heavy (non-hydrogen) atoms. The van der Waals surface area contributed by atoms with Crippen LogP contribution < -0.4 is 5.32 Å². The second-order valence-corrected chi connectivity index (χ2v) is 8.81. The zero-order chi connectivity index (χ0) is 26.5. The third kappa shape index (κ3) is 5.63. The first-order valence-corrected chi connectivity index (χ1v) is 11.8. The van der Waals surface area contributed by atoms with E-state index in [9.17, 15) is 18.7 Å². The molecule has 0 spiro atoms. The SMILES string of the molecule is O=C(/C=C/c1ccc2cc(-c3ccccc3)ccc2n1)NCC(O)(Cn1cncn1)c1ccc(F)cc1F. The molecule has 190 valence electrons. The Bertz CT molecular complexity index is 1610. The van der Waals surface area contributed by atoms with Crippen molar-refractivity contribution in [2.45, 2.75) is 12.1 Å². The summed E-state index contributed by atoms with van der Waals surface area (Å²) < 4.78 is 29.3. The van der Waals surface area contributed by atoms with Crippen molar-refractivity contribution in [2.75, 3.05) is 6.54 Å². The van der Waals surface area contributed by atoms with Crippen LogP contribution in [0.5, 0.6) is 0 Å². The van der Waals surface area contributed by atoms with E-state index in [4.69, 9.17) is 0 Å². The van der Waals surface area contributed by atoms with Crippen LogP contribution in [0, 0.1) is 11.6 Å². The van der Waals surface area contributed by atoms with Gasteiger partial charge in [0.2, 0.25) is 5.91 Å². The molecule has 0 fully saturated rings. The minimum atomic E-state index is -1.91. The summed E-state index contributed by atoms with van der Waals surface area (Å²) in [7, 11) is 0. The Labute approximate surface area is 217 Å². The first-order chi connectivity index (χ1) is 18.4. The van der Waals surface area contributed by atoms with E-state index in [1.165, 1.54) is 23.4 Å². The van der Waals surface area contributed by atoms with Gasteiger partial charge in [-0.05, 0) is 41.5 Å². The summed E-state index contributed by atoms with van der Waals surface area (Å²) in [6.45, 7) is -0.567. The number of rotatable bonds is 8. The number of nitrogens with zero attached hydrogens (tertiary/aromatic N) is 4. The maximum Gasteiger partial charge on any atom is 0.244 e. The van der Waals surface area contributed by atoms with Crippen molar-refractivity contribution in [2.24, 2.45) is 0 Å². The molecule has 0 aliphatic rings. The molecule has 9 heteroatoms. The number of aliphatic hydroxyl groups is 1. The smallest absolute Gasteiger partial charge is 0.244 e. The summed E-state index contributed by atoms with van der Waals surface area (Å²) in [4.78, 5) is 21.0. The highest BCUT2D eigenvalue weighted by atomic mass is 19.1. The molecule has 0 aliphatic heterocycles. The number of aromatic nitrogens is 4. The first-order valence-electron chi connectivity index (χ1n) is 11.8. The monoisotopic (exact) mass is 511 g/mol. The van der Waals surface area contributed by atoms with Crippen molar-refractivity contribution in [3.8, 4) is 11.1 Å². The summed E-state index contributed by atoms with van der Waals surface area (Å²) in [5.41, 5.74) is 1.46. The van der Waals surface area contributed by atoms with Crippen LogP contribution in [0.25, 0.3) is 28.1 Å². The molecule has 0 saturated carbocycles. The summed E-state index contributed by atoms with van der Waals surface area (Å²) in [6, 6.07) is 22.6. The summed E-state index contributed by atoms with van der Waals surface area (Å²) in [5, 5.41) is 18.8. The minimum Gasteiger partial charge on any atom is -0.381 e. The summed E-state index contributed by atoms with van der Waals surface area (Å²) in [6.07, 6.45) is 5.45. The van der Waals surface area contributed by atoms with E-state index in [0.717, 1.165) is 34.2 Å². The van der Waals surface area contributed by atoms with Gasteiger partial charge in [0, 0.05) is 23.1 Å². The number of nitrogens with one attached hydrogen (secondary N) is 1. The number of carbonyl (C=O) groups excluding carboxylic acids is 1. The van der Waals surface area contributed by atoms with Gasteiger partial charge in [-0.2, -0.15) is 5.10 Å². The molecule has 0 radical (unpaired) electrons. The molecule has 0 bridgehead atoms. The number of hydrogen-bond donors (Lipinski definition) is 2. The lowest BCUT2D eigenvalue weighted by Crippen LogP contribution is -2.44. The number of hydrogen-bond acceptors (Lipinski definition) is 5. The average molecular weight is 512 g/mol. The maximum absolute atomic E-state index is 14.5. The Morgan fingerprint density at radius 2 is 1.84 bits per heavy atom.